The largest absolute Gasteiger partial charge is 0.487 e. The van der Waals surface area contributed by atoms with E-state index < -0.39 is 0 Å². The molecule has 0 spiro atoms. The van der Waals surface area contributed by atoms with Gasteiger partial charge in [-0.3, -0.25) is 0 Å². The second kappa shape index (κ2) is 3.75. The Morgan fingerprint density at radius 1 is 1.50 bits per heavy atom. The zero-order valence-electron chi connectivity index (χ0n) is 9.18. The van der Waals surface area contributed by atoms with Crippen LogP contribution in [0.2, 0.25) is 0 Å². The van der Waals surface area contributed by atoms with Gasteiger partial charge < -0.3 is 10.1 Å². The lowest BCUT2D eigenvalue weighted by Gasteiger charge is -2.13. The van der Waals surface area contributed by atoms with Crippen LogP contribution in [0.1, 0.15) is 6.42 Å². The number of para-hydroxylation sites is 1. The van der Waals surface area contributed by atoms with Crippen LogP contribution in [-0.2, 0) is 7.05 Å². The van der Waals surface area contributed by atoms with Crippen molar-refractivity contribution in [2.24, 2.45) is 7.05 Å². The van der Waals surface area contributed by atoms with Gasteiger partial charge in [-0.1, -0.05) is 11.3 Å². The van der Waals surface area contributed by atoms with Crippen molar-refractivity contribution in [1.29, 1.82) is 0 Å². The molecule has 1 aliphatic heterocycles. The number of ether oxygens (including phenoxy) is 1. The van der Waals surface area contributed by atoms with Gasteiger partial charge in [0, 0.05) is 13.6 Å². The minimum absolute atomic E-state index is 0.264. The van der Waals surface area contributed by atoms with Gasteiger partial charge in [-0.2, -0.15) is 0 Å². The maximum absolute atomic E-state index is 5.96. The summed E-state index contributed by atoms with van der Waals surface area (Å²) in [7, 11) is 1.88. The van der Waals surface area contributed by atoms with Gasteiger partial charge in [0.25, 0.3) is 0 Å². The highest BCUT2D eigenvalue weighted by Crippen LogP contribution is 2.25. The highest BCUT2D eigenvalue weighted by Gasteiger charge is 2.18. The summed E-state index contributed by atoms with van der Waals surface area (Å²) in [4.78, 5) is 0. The Morgan fingerprint density at radius 2 is 2.44 bits per heavy atom. The molecule has 1 fully saturated rings. The fourth-order valence-electron chi connectivity index (χ4n) is 2.08. The molecule has 0 bridgehead atoms. The summed E-state index contributed by atoms with van der Waals surface area (Å²) in [5.41, 5.74) is 1.85. The third-order valence-corrected chi connectivity index (χ3v) is 2.90. The van der Waals surface area contributed by atoms with Gasteiger partial charge >= 0.3 is 0 Å². The fourth-order valence-corrected chi connectivity index (χ4v) is 2.08. The smallest absolute Gasteiger partial charge is 0.147 e. The first-order valence-corrected chi connectivity index (χ1v) is 5.50. The number of aromatic nitrogens is 3. The van der Waals surface area contributed by atoms with E-state index in [1.165, 1.54) is 0 Å². The number of rotatable bonds is 2. The van der Waals surface area contributed by atoms with Crippen LogP contribution in [-0.4, -0.2) is 34.2 Å². The average molecular weight is 218 g/mol. The SMILES string of the molecule is Cn1nnc2cccc(OC3CCNC3)c21. The van der Waals surface area contributed by atoms with Crippen LogP contribution in [0.4, 0.5) is 0 Å². The number of hydrogen-bond acceptors (Lipinski definition) is 4. The minimum Gasteiger partial charge on any atom is -0.487 e. The molecule has 5 heteroatoms. The van der Waals surface area contributed by atoms with Crippen LogP contribution >= 0.6 is 0 Å². The first-order valence-electron chi connectivity index (χ1n) is 5.50. The number of nitrogens with one attached hydrogen (secondary N) is 1. The van der Waals surface area contributed by atoms with Gasteiger partial charge in [0.15, 0.2) is 0 Å². The van der Waals surface area contributed by atoms with Crippen LogP contribution in [0.25, 0.3) is 11.0 Å². The van der Waals surface area contributed by atoms with Crippen molar-refractivity contribution < 1.29 is 4.74 Å². The molecule has 0 aliphatic carbocycles. The maximum Gasteiger partial charge on any atom is 0.147 e. The van der Waals surface area contributed by atoms with E-state index in [0.717, 1.165) is 36.3 Å². The minimum atomic E-state index is 0.264. The topological polar surface area (TPSA) is 52.0 Å². The molecule has 1 aliphatic rings. The van der Waals surface area contributed by atoms with E-state index in [1.807, 2.05) is 25.2 Å². The lowest BCUT2D eigenvalue weighted by molar-refractivity contribution is 0.225. The summed E-state index contributed by atoms with van der Waals surface area (Å²) >= 11 is 0. The van der Waals surface area contributed by atoms with Crippen LogP contribution in [0, 0.1) is 0 Å². The average Bonchev–Trinajstić information content (AvgIpc) is 2.90. The first kappa shape index (κ1) is 9.59. The van der Waals surface area contributed by atoms with Gasteiger partial charge in [-0.05, 0) is 25.1 Å². The van der Waals surface area contributed by atoms with Crippen molar-refractivity contribution >= 4 is 11.0 Å². The number of aryl methyl sites for hydroxylation is 1. The summed E-state index contributed by atoms with van der Waals surface area (Å²) < 4.78 is 7.72. The second-order valence-electron chi connectivity index (χ2n) is 4.07. The summed E-state index contributed by atoms with van der Waals surface area (Å²) in [5.74, 6) is 0.874. The van der Waals surface area contributed by atoms with E-state index >= 15 is 0 Å². The van der Waals surface area contributed by atoms with Gasteiger partial charge in [-0.25, -0.2) is 4.68 Å². The van der Waals surface area contributed by atoms with Gasteiger partial charge in [0.05, 0.1) is 0 Å². The molecule has 84 valence electrons. The molecule has 3 rings (SSSR count). The summed E-state index contributed by atoms with van der Waals surface area (Å²) in [6.07, 6.45) is 1.32. The zero-order chi connectivity index (χ0) is 11.0. The molecular formula is C11H14N4O. The Bertz CT molecular complexity index is 502. The molecule has 0 radical (unpaired) electrons. The Morgan fingerprint density at radius 3 is 3.25 bits per heavy atom. The zero-order valence-corrected chi connectivity index (χ0v) is 9.18. The molecule has 1 N–H and O–H groups in total. The number of hydrogen-bond donors (Lipinski definition) is 1. The van der Waals surface area contributed by atoms with Crippen molar-refractivity contribution in [1.82, 2.24) is 20.3 Å². The van der Waals surface area contributed by atoms with E-state index in [-0.39, 0.29) is 6.10 Å². The Kier molecular flexibility index (Phi) is 2.25. The van der Waals surface area contributed by atoms with E-state index in [0.29, 0.717) is 0 Å². The Labute approximate surface area is 93.4 Å². The van der Waals surface area contributed by atoms with Crippen molar-refractivity contribution in [3.05, 3.63) is 18.2 Å². The summed E-state index contributed by atoms with van der Waals surface area (Å²) in [6, 6.07) is 5.88. The predicted molar refractivity (Wildman–Crippen MR) is 60.4 cm³/mol. The van der Waals surface area contributed by atoms with Gasteiger partial charge in [-0.15, -0.1) is 5.10 Å². The highest BCUT2D eigenvalue weighted by molar-refractivity contribution is 5.81. The fraction of sp³-hybridized carbons (Fsp3) is 0.455. The second-order valence-corrected chi connectivity index (χ2v) is 4.07. The van der Waals surface area contributed by atoms with Crippen LogP contribution in [0.5, 0.6) is 5.75 Å². The third kappa shape index (κ3) is 1.53. The van der Waals surface area contributed by atoms with E-state index in [2.05, 4.69) is 15.6 Å². The lowest BCUT2D eigenvalue weighted by Crippen LogP contribution is -2.19. The standard InChI is InChI=1S/C11H14N4O/c1-15-11-9(13-14-15)3-2-4-10(11)16-8-5-6-12-7-8/h2-4,8,12H,5-7H2,1H3. The third-order valence-electron chi connectivity index (χ3n) is 2.90. The molecule has 5 nitrogen and oxygen atoms in total. The van der Waals surface area contributed by atoms with Gasteiger partial charge in [0.2, 0.25) is 0 Å². The number of benzene rings is 1. The van der Waals surface area contributed by atoms with E-state index in [4.69, 9.17) is 4.74 Å². The molecule has 2 aromatic rings. The molecule has 1 aromatic carbocycles. The number of fused-ring (bicyclic) bond motifs is 1. The van der Waals surface area contributed by atoms with E-state index in [1.54, 1.807) is 4.68 Å². The molecule has 0 amide bonds. The van der Waals surface area contributed by atoms with Gasteiger partial charge in [0.1, 0.15) is 22.9 Å². The Hall–Kier alpha value is -1.62. The molecule has 1 saturated heterocycles. The van der Waals surface area contributed by atoms with Crippen molar-refractivity contribution in [2.45, 2.75) is 12.5 Å². The predicted octanol–water partition coefficient (Wildman–Crippen LogP) is 0.709. The molecule has 0 saturated carbocycles. The van der Waals surface area contributed by atoms with Crippen molar-refractivity contribution in [3.63, 3.8) is 0 Å². The summed E-state index contributed by atoms with van der Waals surface area (Å²) in [5, 5.41) is 11.4. The monoisotopic (exact) mass is 218 g/mol. The normalized spacial score (nSPS) is 20.4. The Balaban J connectivity index is 1.98. The highest BCUT2D eigenvalue weighted by atomic mass is 16.5. The number of nitrogens with zero attached hydrogens (tertiary/aromatic N) is 3. The van der Waals surface area contributed by atoms with E-state index in [9.17, 15) is 0 Å². The molecule has 16 heavy (non-hydrogen) atoms. The lowest BCUT2D eigenvalue weighted by atomic mass is 10.2. The van der Waals surface area contributed by atoms with Crippen LogP contribution < -0.4 is 10.1 Å². The quantitative estimate of drug-likeness (QED) is 0.806. The molecule has 2 heterocycles. The maximum atomic E-state index is 5.96. The molecule has 1 atom stereocenters. The van der Waals surface area contributed by atoms with Crippen molar-refractivity contribution in [3.8, 4) is 5.75 Å². The first-order chi connectivity index (χ1) is 7.84. The molecule has 1 aromatic heterocycles. The summed E-state index contributed by atoms with van der Waals surface area (Å²) in [6.45, 7) is 1.95. The van der Waals surface area contributed by atoms with Crippen LogP contribution in [0.15, 0.2) is 18.2 Å². The van der Waals surface area contributed by atoms with Crippen LogP contribution in [0.3, 0.4) is 0 Å². The molecule has 1 unspecified atom stereocenters. The molecular weight excluding hydrogens is 204 g/mol. The van der Waals surface area contributed by atoms with Crippen molar-refractivity contribution in [2.75, 3.05) is 13.1 Å².